The van der Waals surface area contributed by atoms with Crippen molar-refractivity contribution in [3.63, 3.8) is 0 Å². The second-order valence-electron chi connectivity index (χ2n) is 7.98. The van der Waals surface area contributed by atoms with Crippen LogP contribution in [0.15, 0.2) is 0 Å². The Hall–Kier alpha value is -2.58. The number of piperazine rings is 1. The molecule has 0 atom stereocenters. The Morgan fingerprint density at radius 1 is 1.07 bits per heavy atom. The fourth-order valence-corrected chi connectivity index (χ4v) is 3.43. The van der Waals surface area contributed by atoms with Gasteiger partial charge in [-0.3, -0.25) is 14.3 Å². The van der Waals surface area contributed by atoms with Crippen LogP contribution in [0.2, 0.25) is 0 Å². The highest BCUT2D eigenvalue weighted by atomic mass is 16.6. The van der Waals surface area contributed by atoms with Crippen LogP contribution in [-0.4, -0.2) is 81.2 Å². The van der Waals surface area contributed by atoms with Gasteiger partial charge in [-0.25, -0.2) is 4.79 Å². The van der Waals surface area contributed by atoms with Crippen LogP contribution in [0, 0.1) is 0 Å². The molecule has 148 valence electrons. The predicted molar refractivity (Wildman–Crippen MR) is 97.1 cm³/mol. The van der Waals surface area contributed by atoms with Crippen molar-refractivity contribution in [1.29, 1.82) is 0 Å². The summed E-state index contributed by atoms with van der Waals surface area (Å²) in [5.74, 6) is -0.108. The fraction of sp³-hybridized carbons (Fsp3) is 0.667. The number of carbonyl (C=O) groups excluding carboxylic acids is 3. The van der Waals surface area contributed by atoms with Crippen molar-refractivity contribution >= 4 is 18.4 Å². The van der Waals surface area contributed by atoms with E-state index in [2.05, 4.69) is 5.10 Å². The third kappa shape index (κ3) is 4.06. The third-order valence-electron chi connectivity index (χ3n) is 4.80. The number of hydrogen-bond donors (Lipinski definition) is 0. The molecule has 2 aliphatic heterocycles. The number of carbonyl (C=O) groups is 3. The second kappa shape index (κ2) is 7.21. The zero-order valence-electron chi connectivity index (χ0n) is 16.4. The molecule has 3 amide bonds. The molecule has 0 unspecified atom stereocenters. The smallest absolute Gasteiger partial charge is 0.410 e. The van der Waals surface area contributed by atoms with Crippen LogP contribution >= 0.6 is 0 Å². The summed E-state index contributed by atoms with van der Waals surface area (Å²) >= 11 is 0. The van der Waals surface area contributed by atoms with Crippen molar-refractivity contribution in [2.45, 2.75) is 39.3 Å². The third-order valence-corrected chi connectivity index (χ3v) is 4.80. The molecule has 3 rings (SSSR count). The quantitative estimate of drug-likeness (QED) is 0.706. The number of aromatic nitrogens is 2. The van der Waals surface area contributed by atoms with E-state index in [0.717, 1.165) is 17.7 Å². The largest absolute Gasteiger partial charge is 0.444 e. The van der Waals surface area contributed by atoms with Gasteiger partial charge in [-0.2, -0.15) is 5.10 Å². The lowest BCUT2D eigenvalue weighted by Crippen LogP contribution is -2.48. The molecule has 1 aromatic heterocycles. The van der Waals surface area contributed by atoms with Crippen molar-refractivity contribution in [3.8, 4) is 0 Å². The minimum Gasteiger partial charge on any atom is -0.444 e. The van der Waals surface area contributed by atoms with Crippen molar-refractivity contribution in [3.05, 3.63) is 17.0 Å². The maximum atomic E-state index is 13.1. The first-order chi connectivity index (χ1) is 12.7. The summed E-state index contributed by atoms with van der Waals surface area (Å²) in [5, 5.41) is 4.49. The summed E-state index contributed by atoms with van der Waals surface area (Å²) in [4.78, 5) is 41.4. The minimum atomic E-state index is -0.566. The minimum absolute atomic E-state index is 0.108. The fourth-order valence-electron chi connectivity index (χ4n) is 3.43. The van der Waals surface area contributed by atoms with E-state index in [1.165, 1.54) is 0 Å². The van der Waals surface area contributed by atoms with Crippen molar-refractivity contribution in [1.82, 2.24) is 24.5 Å². The number of fused-ring (bicyclic) bond motifs is 1. The van der Waals surface area contributed by atoms with Gasteiger partial charge in [-0.15, -0.1) is 0 Å². The Balaban J connectivity index is 1.78. The van der Waals surface area contributed by atoms with Gasteiger partial charge >= 0.3 is 6.09 Å². The summed E-state index contributed by atoms with van der Waals surface area (Å²) in [6.07, 6.45) is 1.02. The predicted octanol–water partition coefficient (Wildman–Crippen LogP) is 0.628. The monoisotopic (exact) mass is 377 g/mol. The average Bonchev–Trinajstić information content (AvgIpc) is 2.94. The zero-order chi connectivity index (χ0) is 19.8. The van der Waals surface area contributed by atoms with E-state index < -0.39 is 5.60 Å². The molecular weight excluding hydrogens is 350 g/mol. The maximum Gasteiger partial charge on any atom is 0.410 e. The molecule has 3 heterocycles. The van der Waals surface area contributed by atoms with Crippen LogP contribution in [-0.2, 0) is 29.5 Å². The van der Waals surface area contributed by atoms with Gasteiger partial charge in [0, 0.05) is 51.8 Å². The van der Waals surface area contributed by atoms with Gasteiger partial charge in [0.1, 0.15) is 11.3 Å². The first-order valence-electron chi connectivity index (χ1n) is 9.21. The lowest BCUT2D eigenvalue weighted by Gasteiger charge is -2.33. The molecule has 9 heteroatoms. The summed E-state index contributed by atoms with van der Waals surface area (Å²) < 4.78 is 7.07. The number of ether oxygens (including phenoxy) is 1. The van der Waals surface area contributed by atoms with Crippen LogP contribution < -0.4 is 0 Å². The lowest BCUT2D eigenvalue weighted by molar-refractivity contribution is -0.119. The first kappa shape index (κ1) is 19.2. The van der Waals surface area contributed by atoms with Gasteiger partial charge in [-0.1, -0.05) is 0 Å². The standard InChI is InChI=1S/C18H27N5O4/c1-18(2,3)27-17(26)23-6-5-14-13(11-23)15(20(4)19-14)16(25)22-9-7-21(12-24)8-10-22/h12H,5-11H2,1-4H3. The molecule has 0 spiro atoms. The molecule has 0 aromatic carbocycles. The molecule has 27 heavy (non-hydrogen) atoms. The Morgan fingerprint density at radius 3 is 2.33 bits per heavy atom. The van der Waals surface area contributed by atoms with Gasteiger partial charge in [0.25, 0.3) is 5.91 Å². The number of aryl methyl sites for hydroxylation is 1. The highest BCUT2D eigenvalue weighted by Gasteiger charge is 2.33. The number of rotatable bonds is 2. The van der Waals surface area contributed by atoms with Gasteiger partial charge in [0.2, 0.25) is 6.41 Å². The topological polar surface area (TPSA) is 88.0 Å². The van der Waals surface area contributed by atoms with Gasteiger partial charge in [0.05, 0.1) is 12.2 Å². The zero-order valence-corrected chi connectivity index (χ0v) is 16.4. The van der Waals surface area contributed by atoms with E-state index in [1.54, 1.807) is 26.4 Å². The second-order valence-corrected chi connectivity index (χ2v) is 7.98. The first-order valence-corrected chi connectivity index (χ1v) is 9.21. The van der Waals surface area contributed by atoms with Gasteiger partial charge in [-0.05, 0) is 20.8 Å². The van der Waals surface area contributed by atoms with E-state index >= 15 is 0 Å². The Labute approximate surface area is 158 Å². The molecule has 0 N–H and O–H groups in total. The number of hydrogen-bond acceptors (Lipinski definition) is 5. The molecule has 1 fully saturated rings. The molecule has 1 aromatic rings. The molecule has 9 nitrogen and oxygen atoms in total. The van der Waals surface area contributed by atoms with Crippen LogP contribution in [0.5, 0.6) is 0 Å². The summed E-state index contributed by atoms with van der Waals surface area (Å²) in [6, 6.07) is 0. The van der Waals surface area contributed by atoms with Crippen LogP contribution in [0.25, 0.3) is 0 Å². The van der Waals surface area contributed by atoms with Crippen molar-refractivity contribution < 1.29 is 19.1 Å². The maximum absolute atomic E-state index is 13.1. The molecule has 1 saturated heterocycles. The Bertz CT molecular complexity index is 744. The summed E-state index contributed by atoms with van der Waals surface area (Å²) in [5.41, 5.74) is 1.59. The van der Waals surface area contributed by atoms with E-state index in [4.69, 9.17) is 4.74 Å². The van der Waals surface area contributed by atoms with E-state index in [0.29, 0.717) is 51.4 Å². The summed E-state index contributed by atoms with van der Waals surface area (Å²) in [6.45, 7) is 8.37. The van der Waals surface area contributed by atoms with E-state index in [-0.39, 0.29) is 12.0 Å². The summed E-state index contributed by atoms with van der Waals surface area (Å²) in [7, 11) is 1.76. The average molecular weight is 377 g/mol. The van der Waals surface area contributed by atoms with Gasteiger partial charge in [0.15, 0.2) is 0 Å². The lowest BCUT2D eigenvalue weighted by atomic mass is 10.0. The van der Waals surface area contributed by atoms with E-state index in [9.17, 15) is 14.4 Å². The molecular formula is C18H27N5O4. The molecule has 0 aliphatic carbocycles. The normalized spacial score (nSPS) is 17.6. The van der Waals surface area contributed by atoms with Crippen LogP contribution in [0.4, 0.5) is 4.79 Å². The highest BCUT2D eigenvalue weighted by molar-refractivity contribution is 5.94. The molecule has 0 saturated carbocycles. The Kier molecular flexibility index (Phi) is 5.12. The van der Waals surface area contributed by atoms with Crippen molar-refractivity contribution in [2.24, 2.45) is 7.05 Å². The van der Waals surface area contributed by atoms with Crippen LogP contribution in [0.3, 0.4) is 0 Å². The van der Waals surface area contributed by atoms with E-state index in [1.807, 2.05) is 20.8 Å². The highest BCUT2D eigenvalue weighted by Crippen LogP contribution is 2.25. The van der Waals surface area contributed by atoms with Crippen molar-refractivity contribution in [2.75, 3.05) is 32.7 Å². The van der Waals surface area contributed by atoms with Gasteiger partial charge < -0.3 is 19.4 Å². The number of nitrogens with zero attached hydrogens (tertiary/aromatic N) is 5. The molecule has 0 bridgehead atoms. The number of amides is 3. The SMILES string of the molecule is Cn1nc2c(c1C(=O)N1CCN(C=O)CC1)CN(C(=O)OC(C)(C)C)CC2. The molecule has 2 aliphatic rings. The molecule has 0 radical (unpaired) electrons. The Morgan fingerprint density at radius 2 is 1.74 bits per heavy atom. The van der Waals surface area contributed by atoms with Crippen LogP contribution in [0.1, 0.15) is 42.5 Å².